The number of rotatable bonds is 14. The standard InChI is InChI=1S/C40H46Cl3N7O4S/c1-9-30(54-31-16-15-23(39(4,5)10-2)19-27(31)40(6,7)11-3)35(51)46-25-13-12-14-26(22-25)49(37(44)53)34-33(48-18-17-45-38(48)55-8)36(52)50(47-34)32-28(42)20-24(41)21-29(32)43/h12-22,30,47H,9-11H2,1-8H3,(H2,44,53)(H,46,51). The molecule has 15 heteroatoms. The van der Waals surface area contributed by atoms with Crippen LogP contribution in [0.3, 0.4) is 0 Å². The Morgan fingerprint density at radius 3 is 2.25 bits per heavy atom. The molecule has 3 aromatic carbocycles. The maximum absolute atomic E-state index is 14.2. The summed E-state index contributed by atoms with van der Waals surface area (Å²) in [5.41, 5.74) is 8.19. The van der Waals surface area contributed by atoms with E-state index >= 15 is 0 Å². The molecule has 292 valence electrons. The Balaban J connectivity index is 1.54. The van der Waals surface area contributed by atoms with Gasteiger partial charge in [0.05, 0.1) is 15.7 Å². The van der Waals surface area contributed by atoms with Gasteiger partial charge in [0.15, 0.2) is 22.8 Å². The SMILES string of the molecule is CCC(Oc1ccc(C(C)(C)CC)cc1C(C)(C)CC)C(=O)Nc1cccc(N(C(N)=O)c2[nH]n(-c3c(Cl)cc(Cl)cc3Cl)c(=O)c2-n2ccnc2SC)c1. The molecular weight excluding hydrogens is 781 g/mol. The molecule has 0 radical (unpaired) electrons. The van der Waals surface area contributed by atoms with E-state index in [1.165, 1.54) is 40.2 Å². The Bertz CT molecular complexity index is 2260. The normalized spacial score (nSPS) is 12.4. The second kappa shape index (κ2) is 16.8. The Morgan fingerprint density at radius 2 is 1.65 bits per heavy atom. The number of aromatic nitrogens is 4. The molecule has 0 aliphatic rings. The summed E-state index contributed by atoms with van der Waals surface area (Å²) in [6, 6.07) is 14.8. The van der Waals surface area contributed by atoms with E-state index in [9.17, 15) is 14.4 Å². The van der Waals surface area contributed by atoms with E-state index in [1.54, 1.807) is 36.7 Å². The highest BCUT2D eigenvalue weighted by Gasteiger charge is 2.31. The first-order chi connectivity index (χ1) is 26.0. The molecule has 5 aromatic rings. The zero-order valence-electron chi connectivity index (χ0n) is 32.1. The molecule has 2 heterocycles. The van der Waals surface area contributed by atoms with Gasteiger partial charge in [-0.15, -0.1) is 0 Å². The molecule has 0 spiro atoms. The van der Waals surface area contributed by atoms with Gasteiger partial charge in [0, 0.05) is 28.7 Å². The molecule has 55 heavy (non-hydrogen) atoms. The molecule has 1 unspecified atom stereocenters. The van der Waals surface area contributed by atoms with Crippen molar-refractivity contribution in [3.05, 3.63) is 104 Å². The van der Waals surface area contributed by atoms with Crippen molar-refractivity contribution >= 4 is 75.7 Å². The molecule has 0 saturated carbocycles. The predicted molar refractivity (Wildman–Crippen MR) is 225 cm³/mol. The second-order valence-electron chi connectivity index (χ2n) is 14.4. The van der Waals surface area contributed by atoms with Gasteiger partial charge in [-0.05, 0) is 78.3 Å². The highest BCUT2D eigenvalue weighted by atomic mass is 35.5. The first-order valence-electron chi connectivity index (χ1n) is 17.9. The summed E-state index contributed by atoms with van der Waals surface area (Å²) in [6.45, 7) is 15.0. The van der Waals surface area contributed by atoms with E-state index < -0.39 is 17.7 Å². The van der Waals surface area contributed by atoms with E-state index in [0.717, 1.165) is 28.0 Å². The molecule has 11 nitrogen and oxygen atoms in total. The number of thioether (sulfide) groups is 1. The van der Waals surface area contributed by atoms with Crippen LogP contribution in [0.25, 0.3) is 11.4 Å². The molecule has 0 bridgehead atoms. The van der Waals surface area contributed by atoms with Crippen molar-refractivity contribution in [3.63, 3.8) is 0 Å². The van der Waals surface area contributed by atoms with Crippen molar-refractivity contribution < 1.29 is 14.3 Å². The number of hydrogen-bond donors (Lipinski definition) is 3. The third kappa shape index (κ3) is 8.57. The van der Waals surface area contributed by atoms with E-state index in [0.29, 0.717) is 23.0 Å². The van der Waals surface area contributed by atoms with Crippen LogP contribution in [0.1, 0.15) is 78.9 Å². The maximum atomic E-state index is 14.2. The van der Waals surface area contributed by atoms with Gasteiger partial charge in [0.2, 0.25) is 0 Å². The van der Waals surface area contributed by atoms with Gasteiger partial charge in [0.25, 0.3) is 11.5 Å². The van der Waals surface area contributed by atoms with Gasteiger partial charge in [-0.3, -0.25) is 19.3 Å². The number of anilines is 3. The number of benzene rings is 3. The third-order valence-corrected chi connectivity index (χ3v) is 11.6. The van der Waals surface area contributed by atoms with E-state index in [2.05, 4.69) is 69.1 Å². The molecule has 5 rings (SSSR count). The summed E-state index contributed by atoms with van der Waals surface area (Å²) in [7, 11) is 0. The molecule has 0 saturated heterocycles. The average Bonchev–Trinajstić information content (AvgIpc) is 3.73. The number of aromatic amines is 1. The number of H-pyrrole nitrogens is 1. The lowest BCUT2D eigenvalue weighted by Crippen LogP contribution is -2.34. The summed E-state index contributed by atoms with van der Waals surface area (Å²) in [4.78, 5) is 46.9. The molecule has 4 N–H and O–H groups in total. The molecular formula is C40H46Cl3N7O4S. The van der Waals surface area contributed by atoms with Crippen LogP contribution in [0, 0.1) is 0 Å². The predicted octanol–water partition coefficient (Wildman–Crippen LogP) is 10.4. The number of imidazole rings is 1. The average molecular weight is 827 g/mol. The zero-order chi connectivity index (χ0) is 40.4. The molecule has 3 amide bonds. The van der Waals surface area contributed by atoms with Crippen LogP contribution in [0.4, 0.5) is 22.0 Å². The number of nitrogens with one attached hydrogen (secondary N) is 2. The second-order valence-corrected chi connectivity index (χ2v) is 16.4. The summed E-state index contributed by atoms with van der Waals surface area (Å²) in [5.74, 6) is 0.273. The number of nitrogens with zero attached hydrogens (tertiary/aromatic N) is 4. The fraction of sp³-hybridized carbons (Fsp3) is 0.350. The number of ether oxygens (including phenoxy) is 1. The minimum atomic E-state index is -0.923. The number of primary amides is 1. The zero-order valence-corrected chi connectivity index (χ0v) is 35.2. The highest BCUT2D eigenvalue weighted by molar-refractivity contribution is 7.98. The van der Waals surface area contributed by atoms with Crippen LogP contribution in [0.2, 0.25) is 15.1 Å². The summed E-state index contributed by atoms with van der Waals surface area (Å²) in [5, 5.41) is 6.85. The van der Waals surface area contributed by atoms with Crippen molar-refractivity contribution in [1.29, 1.82) is 0 Å². The number of urea groups is 1. The lowest BCUT2D eigenvalue weighted by molar-refractivity contribution is -0.122. The lowest BCUT2D eigenvalue weighted by Gasteiger charge is -2.31. The number of carbonyl (C=O) groups excluding carboxylic acids is 2. The van der Waals surface area contributed by atoms with Crippen molar-refractivity contribution in [3.8, 4) is 17.1 Å². The Labute approximate surface area is 340 Å². The summed E-state index contributed by atoms with van der Waals surface area (Å²) in [6.07, 6.45) is 6.33. The van der Waals surface area contributed by atoms with Crippen molar-refractivity contribution in [2.45, 2.75) is 89.8 Å². The van der Waals surface area contributed by atoms with E-state index in [1.807, 2.05) is 13.0 Å². The first-order valence-corrected chi connectivity index (χ1v) is 20.2. The van der Waals surface area contributed by atoms with Crippen LogP contribution in [-0.2, 0) is 15.6 Å². The van der Waals surface area contributed by atoms with Gasteiger partial charge < -0.3 is 15.8 Å². The number of carbonyl (C=O) groups is 2. The van der Waals surface area contributed by atoms with Crippen molar-refractivity contribution in [1.82, 2.24) is 19.3 Å². The van der Waals surface area contributed by atoms with Crippen LogP contribution < -0.4 is 26.2 Å². The van der Waals surface area contributed by atoms with Gasteiger partial charge in [-0.2, -0.15) is 0 Å². The minimum absolute atomic E-state index is 0.00751. The summed E-state index contributed by atoms with van der Waals surface area (Å²) < 4.78 is 9.13. The van der Waals surface area contributed by atoms with Crippen LogP contribution in [-0.4, -0.2) is 43.6 Å². The van der Waals surface area contributed by atoms with Gasteiger partial charge >= 0.3 is 6.03 Å². The van der Waals surface area contributed by atoms with Crippen molar-refractivity contribution in [2.75, 3.05) is 16.5 Å². The molecule has 0 fully saturated rings. The number of amides is 3. The highest BCUT2D eigenvalue weighted by Crippen LogP contribution is 2.40. The van der Waals surface area contributed by atoms with Gasteiger partial charge in [-0.25, -0.2) is 19.4 Å². The quantitative estimate of drug-likeness (QED) is 0.0953. The molecule has 1 atom stereocenters. The Kier molecular flexibility index (Phi) is 12.8. The topological polar surface area (TPSA) is 140 Å². The fourth-order valence-electron chi connectivity index (χ4n) is 6.07. The largest absolute Gasteiger partial charge is 0.480 e. The van der Waals surface area contributed by atoms with Crippen LogP contribution >= 0.6 is 46.6 Å². The Hall–Kier alpha value is -4.36. The lowest BCUT2D eigenvalue weighted by atomic mass is 9.76. The molecule has 0 aliphatic carbocycles. The number of halogens is 3. The van der Waals surface area contributed by atoms with Crippen LogP contribution in [0.5, 0.6) is 5.75 Å². The molecule has 2 aromatic heterocycles. The van der Waals surface area contributed by atoms with Crippen molar-refractivity contribution in [2.24, 2.45) is 5.73 Å². The fourth-order valence-corrected chi connectivity index (χ4v) is 7.57. The maximum Gasteiger partial charge on any atom is 0.325 e. The number of hydrogen-bond acceptors (Lipinski definition) is 6. The van der Waals surface area contributed by atoms with Gasteiger partial charge in [0.1, 0.15) is 11.4 Å². The smallest absolute Gasteiger partial charge is 0.325 e. The number of nitrogens with two attached hydrogens (primary N) is 1. The summed E-state index contributed by atoms with van der Waals surface area (Å²) >= 11 is 20.5. The third-order valence-electron chi connectivity index (χ3n) is 10.1. The van der Waals surface area contributed by atoms with E-state index in [4.69, 9.17) is 45.3 Å². The van der Waals surface area contributed by atoms with Gasteiger partial charge in [-0.1, -0.05) is 113 Å². The molecule has 0 aliphatic heterocycles. The first kappa shape index (κ1) is 41.8. The van der Waals surface area contributed by atoms with E-state index in [-0.39, 0.29) is 54.7 Å². The minimum Gasteiger partial charge on any atom is -0.480 e. The monoisotopic (exact) mass is 825 g/mol. The Morgan fingerprint density at radius 1 is 0.982 bits per heavy atom. The van der Waals surface area contributed by atoms with Crippen LogP contribution in [0.15, 0.2) is 76.9 Å².